The van der Waals surface area contributed by atoms with E-state index in [1.165, 1.54) is 6.08 Å². The van der Waals surface area contributed by atoms with Crippen LogP contribution in [-0.2, 0) is 16.1 Å². The van der Waals surface area contributed by atoms with Crippen LogP contribution in [0.4, 0.5) is 10.5 Å². The molecule has 1 saturated heterocycles. The van der Waals surface area contributed by atoms with Crippen molar-refractivity contribution in [3.05, 3.63) is 89.8 Å². The smallest absolute Gasteiger partial charge is 0.335 e. The van der Waals surface area contributed by atoms with Gasteiger partial charge in [0.2, 0.25) is 0 Å². The third kappa shape index (κ3) is 4.93. The highest BCUT2D eigenvalue weighted by Gasteiger charge is 2.37. The highest BCUT2D eigenvalue weighted by Crippen LogP contribution is 2.25. The van der Waals surface area contributed by atoms with Crippen LogP contribution in [0.5, 0.6) is 5.75 Å². The van der Waals surface area contributed by atoms with E-state index in [9.17, 15) is 14.4 Å². The standard InChI is InChI=1S/C27H27N3O4/c1-3-19(2)20-11-13-21(14-12-20)30-26(32)24(25(31)28-27(30)33)18-22-8-7-15-29(22)16-17-34-23-9-5-4-6-10-23/h4-15,18-19H,3,16-17H2,1-2H3,(H,28,31,33). The molecule has 7 nitrogen and oxygen atoms in total. The molecule has 1 unspecified atom stereocenters. The van der Waals surface area contributed by atoms with E-state index < -0.39 is 17.8 Å². The highest BCUT2D eigenvalue weighted by molar-refractivity contribution is 6.39. The number of hydrogen-bond donors (Lipinski definition) is 1. The number of aromatic nitrogens is 1. The number of hydrogen-bond acceptors (Lipinski definition) is 4. The number of nitrogens with one attached hydrogen (secondary N) is 1. The molecule has 1 atom stereocenters. The van der Waals surface area contributed by atoms with Crippen molar-refractivity contribution >= 4 is 29.6 Å². The predicted molar refractivity (Wildman–Crippen MR) is 131 cm³/mol. The minimum Gasteiger partial charge on any atom is -0.492 e. The molecule has 1 aromatic heterocycles. The monoisotopic (exact) mass is 457 g/mol. The molecular formula is C27H27N3O4. The van der Waals surface area contributed by atoms with Crippen LogP contribution in [0.2, 0.25) is 0 Å². The summed E-state index contributed by atoms with van der Waals surface area (Å²) in [6.45, 7) is 5.17. The Kier molecular flexibility index (Phi) is 6.92. The molecule has 2 heterocycles. The van der Waals surface area contributed by atoms with E-state index in [1.807, 2.05) is 59.3 Å². The highest BCUT2D eigenvalue weighted by atomic mass is 16.5. The second kappa shape index (κ2) is 10.2. The molecule has 1 aliphatic rings. The van der Waals surface area contributed by atoms with Crippen LogP contribution >= 0.6 is 0 Å². The average Bonchev–Trinajstić information content (AvgIpc) is 3.29. The normalized spacial score (nSPS) is 16.0. The van der Waals surface area contributed by atoms with Gasteiger partial charge < -0.3 is 9.30 Å². The van der Waals surface area contributed by atoms with Gasteiger partial charge in [0.25, 0.3) is 11.8 Å². The summed E-state index contributed by atoms with van der Waals surface area (Å²) in [5.74, 6) is -0.227. The van der Waals surface area contributed by atoms with Crippen LogP contribution in [0.1, 0.15) is 37.4 Å². The summed E-state index contributed by atoms with van der Waals surface area (Å²) >= 11 is 0. The number of urea groups is 1. The SMILES string of the molecule is CCC(C)c1ccc(N2C(=O)NC(=O)C(=Cc3cccn3CCOc3ccccc3)C2=O)cc1. The topological polar surface area (TPSA) is 80.6 Å². The van der Waals surface area contributed by atoms with Crippen molar-refractivity contribution in [1.82, 2.24) is 9.88 Å². The summed E-state index contributed by atoms with van der Waals surface area (Å²) in [7, 11) is 0. The molecule has 4 amide bonds. The van der Waals surface area contributed by atoms with E-state index in [1.54, 1.807) is 18.2 Å². The van der Waals surface area contributed by atoms with Crippen molar-refractivity contribution in [2.75, 3.05) is 11.5 Å². The first-order valence-electron chi connectivity index (χ1n) is 11.3. The molecule has 2 aromatic carbocycles. The summed E-state index contributed by atoms with van der Waals surface area (Å²) in [6, 6.07) is 19.6. The number of amides is 4. The third-order valence-electron chi connectivity index (χ3n) is 5.94. The summed E-state index contributed by atoms with van der Waals surface area (Å²) in [6.07, 6.45) is 4.34. The van der Waals surface area contributed by atoms with E-state index in [0.29, 0.717) is 30.5 Å². The fraction of sp³-hybridized carbons (Fsp3) is 0.222. The molecule has 3 aromatic rings. The Balaban J connectivity index is 1.53. The number of anilines is 1. The Morgan fingerprint density at radius 2 is 1.71 bits per heavy atom. The molecule has 174 valence electrons. The van der Waals surface area contributed by atoms with Crippen molar-refractivity contribution in [2.24, 2.45) is 0 Å². The molecule has 1 aliphatic heterocycles. The Morgan fingerprint density at radius 1 is 0.971 bits per heavy atom. The lowest BCUT2D eigenvalue weighted by atomic mass is 9.98. The molecule has 0 aliphatic carbocycles. The van der Waals surface area contributed by atoms with Crippen molar-refractivity contribution in [1.29, 1.82) is 0 Å². The molecule has 0 bridgehead atoms. The van der Waals surface area contributed by atoms with Gasteiger partial charge in [-0.15, -0.1) is 0 Å². The fourth-order valence-corrected chi connectivity index (χ4v) is 3.77. The van der Waals surface area contributed by atoms with E-state index >= 15 is 0 Å². The Bertz CT molecular complexity index is 1210. The van der Waals surface area contributed by atoms with Crippen molar-refractivity contribution in [3.63, 3.8) is 0 Å². The lowest BCUT2D eigenvalue weighted by molar-refractivity contribution is -0.122. The zero-order valence-corrected chi connectivity index (χ0v) is 19.2. The Hall–Kier alpha value is -4.13. The van der Waals surface area contributed by atoms with Gasteiger partial charge in [0.15, 0.2) is 0 Å². The molecular weight excluding hydrogens is 430 g/mol. The summed E-state index contributed by atoms with van der Waals surface area (Å²) in [5.41, 5.74) is 2.10. The van der Waals surface area contributed by atoms with Crippen LogP contribution in [0.15, 0.2) is 78.5 Å². The fourth-order valence-electron chi connectivity index (χ4n) is 3.77. The first kappa shape index (κ1) is 23.0. The maximum absolute atomic E-state index is 13.2. The number of rotatable bonds is 8. The lowest BCUT2D eigenvalue weighted by Crippen LogP contribution is -2.54. The predicted octanol–water partition coefficient (Wildman–Crippen LogP) is 4.75. The molecule has 0 spiro atoms. The molecule has 1 N–H and O–H groups in total. The number of ether oxygens (including phenoxy) is 1. The van der Waals surface area contributed by atoms with Crippen molar-refractivity contribution in [3.8, 4) is 5.75 Å². The van der Waals surface area contributed by atoms with Gasteiger partial charge in [0.1, 0.15) is 17.9 Å². The largest absolute Gasteiger partial charge is 0.492 e. The zero-order valence-electron chi connectivity index (χ0n) is 19.2. The van der Waals surface area contributed by atoms with Crippen molar-refractivity contribution in [2.45, 2.75) is 32.7 Å². The van der Waals surface area contributed by atoms with Gasteiger partial charge in [-0.25, -0.2) is 9.69 Å². The summed E-state index contributed by atoms with van der Waals surface area (Å²) in [4.78, 5) is 39.2. The van der Waals surface area contributed by atoms with Gasteiger partial charge in [-0.3, -0.25) is 14.9 Å². The maximum Gasteiger partial charge on any atom is 0.335 e. The number of carbonyl (C=O) groups excluding carboxylic acids is 3. The van der Waals surface area contributed by atoms with E-state index in [2.05, 4.69) is 19.2 Å². The van der Waals surface area contributed by atoms with Gasteiger partial charge in [0, 0.05) is 11.9 Å². The minimum absolute atomic E-state index is 0.102. The van der Waals surface area contributed by atoms with Crippen molar-refractivity contribution < 1.29 is 19.1 Å². The van der Waals surface area contributed by atoms with E-state index in [-0.39, 0.29) is 5.57 Å². The molecule has 1 fully saturated rings. The first-order chi connectivity index (χ1) is 16.5. The number of para-hydroxylation sites is 1. The average molecular weight is 458 g/mol. The number of nitrogens with zero attached hydrogens (tertiary/aromatic N) is 2. The third-order valence-corrected chi connectivity index (χ3v) is 5.94. The van der Waals surface area contributed by atoms with Gasteiger partial charge >= 0.3 is 6.03 Å². The lowest BCUT2D eigenvalue weighted by Gasteiger charge is -2.26. The van der Waals surface area contributed by atoms with Crippen LogP contribution in [0, 0.1) is 0 Å². The maximum atomic E-state index is 13.2. The molecule has 0 radical (unpaired) electrons. The molecule has 7 heteroatoms. The van der Waals surface area contributed by atoms with E-state index in [4.69, 9.17) is 4.74 Å². The Morgan fingerprint density at radius 3 is 2.41 bits per heavy atom. The number of imide groups is 2. The first-order valence-corrected chi connectivity index (χ1v) is 11.3. The van der Waals surface area contributed by atoms with Crippen LogP contribution in [0.3, 0.4) is 0 Å². The second-order valence-electron chi connectivity index (χ2n) is 8.15. The van der Waals surface area contributed by atoms with Crippen LogP contribution in [0.25, 0.3) is 6.08 Å². The quantitative estimate of drug-likeness (QED) is 0.391. The van der Waals surface area contributed by atoms with Gasteiger partial charge in [-0.05, 0) is 60.4 Å². The van der Waals surface area contributed by atoms with Crippen LogP contribution in [-0.4, -0.2) is 29.0 Å². The zero-order chi connectivity index (χ0) is 24.1. The number of barbiturate groups is 1. The minimum atomic E-state index is -0.755. The van der Waals surface area contributed by atoms with Crippen LogP contribution < -0.4 is 15.0 Å². The molecule has 34 heavy (non-hydrogen) atoms. The number of benzene rings is 2. The van der Waals surface area contributed by atoms with Gasteiger partial charge in [-0.2, -0.15) is 0 Å². The summed E-state index contributed by atoms with van der Waals surface area (Å²) < 4.78 is 7.64. The Labute approximate surface area is 198 Å². The number of carbonyl (C=O) groups is 3. The van der Waals surface area contributed by atoms with Gasteiger partial charge in [0.05, 0.1) is 12.2 Å². The second-order valence-corrected chi connectivity index (χ2v) is 8.15. The molecule has 4 rings (SSSR count). The molecule has 0 saturated carbocycles. The summed E-state index contributed by atoms with van der Waals surface area (Å²) in [5, 5.41) is 2.28. The van der Waals surface area contributed by atoms with Gasteiger partial charge in [-0.1, -0.05) is 44.2 Å². The van der Waals surface area contributed by atoms with E-state index in [0.717, 1.165) is 22.6 Å².